The van der Waals surface area contributed by atoms with Crippen molar-refractivity contribution in [2.45, 2.75) is 0 Å². The van der Waals surface area contributed by atoms with E-state index >= 15 is 0 Å². The second kappa shape index (κ2) is 13.0. The molecule has 0 aliphatic heterocycles. The van der Waals surface area contributed by atoms with Gasteiger partial charge in [0.15, 0.2) is 0 Å². The molecule has 0 saturated heterocycles. The molecule has 0 aromatic heterocycles. The van der Waals surface area contributed by atoms with Crippen molar-refractivity contribution in [1.29, 1.82) is 0 Å². The topological polar surface area (TPSA) is 0 Å². The standard InChI is InChI=1S/C68H34F2/c69-40-21-17-36(18-22-40)57-54-33-38-11-4-5-12-39(38)34-55(54)58(37-19-23-41(70)24-20-37)67-52-31-27-46-48-28-32-53-63-50(29-25-47(60(48)63)45-26-30-51(66(57)67)62(52)59(45)46)65-56(35-9-2-1-3-10-35)49-16-8-15-43-42-13-6-7-14-44(42)64(61(43)49)68(53)65/h1-34H. The molecule has 0 heterocycles. The fraction of sp³-hybridized carbons (Fsp3) is 0. The average Bonchev–Trinajstić information content (AvgIpc) is 4.04. The van der Waals surface area contributed by atoms with Gasteiger partial charge < -0.3 is 0 Å². The molecule has 0 N–H and O–H groups in total. The van der Waals surface area contributed by atoms with E-state index in [0.29, 0.717) is 0 Å². The minimum atomic E-state index is -0.269. The van der Waals surface area contributed by atoms with E-state index in [1.54, 1.807) is 24.3 Å². The van der Waals surface area contributed by atoms with Gasteiger partial charge in [0.1, 0.15) is 11.6 Å². The van der Waals surface area contributed by atoms with Crippen LogP contribution in [0.5, 0.6) is 0 Å². The van der Waals surface area contributed by atoms with Crippen LogP contribution >= 0.6 is 0 Å². The van der Waals surface area contributed by atoms with Crippen LogP contribution in [0, 0.1) is 11.6 Å². The Labute approximate surface area is 398 Å². The van der Waals surface area contributed by atoms with E-state index in [4.69, 9.17) is 0 Å². The van der Waals surface area contributed by atoms with Crippen molar-refractivity contribution in [3.63, 3.8) is 0 Å². The highest BCUT2D eigenvalue weighted by Crippen LogP contribution is 2.61. The molecule has 0 bridgehead atoms. The van der Waals surface area contributed by atoms with Crippen LogP contribution in [-0.2, 0) is 0 Å². The Balaban J connectivity index is 1.04. The van der Waals surface area contributed by atoms with E-state index in [9.17, 15) is 8.78 Å². The fourth-order valence-corrected chi connectivity index (χ4v) is 13.7. The van der Waals surface area contributed by atoms with Gasteiger partial charge in [-0.2, -0.15) is 0 Å². The quantitative estimate of drug-likeness (QED) is 0.122. The Morgan fingerprint density at radius 1 is 0.200 bits per heavy atom. The average molecular weight is 889 g/mol. The van der Waals surface area contributed by atoms with Crippen molar-refractivity contribution in [3.05, 3.63) is 218 Å². The van der Waals surface area contributed by atoms with E-state index in [1.807, 2.05) is 24.3 Å². The van der Waals surface area contributed by atoms with Crippen LogP contribution in [0.4, 0.5) is 8.78 Å². The summed E-state index contributed by atoms with van der Waals surface area (Å²) in [7, 11) is 0. The molecule has 320 valence electrons. The Kier molecular flexibility index (Phi) is 6.86. The number of rotatable bonds is 3. The number of halogens is 2. The van der Waals surface area contributed by atoms with Crippen molar-refractivity contribution in [2.24, 2.45) is 0 Å². The van der Waals surface area contributed by atoms with Gasteiger partial charge >= 0.3 is 0 Å². The van der Waals surface area contributed by atoms with Crippen LogP contribution < -0.4 is 0 Å². The van der Waals surface area contributed by atoms with Crippen molar-refractivity contribution >= 4 is 118 Å². The minimum absolute atomic E-state index is 0.269. The van der Waals surface area contributed by atoms with Gasteiger partial charge in [-0.1, -0.05) is 170 Å². The second-order valence-electron chi connectivity index (χ2n) is 19.5. The molecule has 0 spiro atoms. The van der Waals surface area contributed by atoms with Gasteiger partial charge in [-0.25, -0.2) is 8.78 Å². The lowest BCUT2D eigenvalue weighted by Crippen LogP contribution is -1.94. The first kappa shape index (κ1) is 37.1. The molecular formula is C68H34F2. The summed E-state index contributed by atoms with van der Waals surface area (Å²) < 4.78 is 29.7. The molecule has 16 aromatic carbocycles. The molecule has 2 heteroatoms. The predicted molar refractivity (Wildman–Crippen MR) is 293 cm³/mol. The van der Waals surface area contributed by atoms with Crippen molar-refractivity contribution < 1.29 is 8.78 Å². The third-order valence-corrected chi connectivity index (χ3v) is 16.3. The molecule has 0 saturated carbocycles. The van der Waals surface area contributed by atoms with E-state index in [2.05, 4.69) is 158 Å². The van der Waals surface area contributed by atoms with Gasteiger partial charge in [-0.3, -0.25) is 0 Å². The van der Waals surface area contributed by atoms with Crippen molar-refractivity contribution in [3.8, 4) is 55.6 Å². The van der Waals surface area contributed by atoms with Crippen LogP contribution in [0.3, 0.4) is 0 Å². The van der Waals surface area contributed by atoms with Gasteiger partial charge in [-0.15, -0.1) is 0 Å². The van der Waals surface area contributed by atoms with Gasteiger partial charge in [0.05, 0.1) is 0 Å². The summed E-state index contributed by atoms with van der Waals surface area (Å²) in [6.45, 7) is 0. The summed E-state index contributed by atoms with van der Waals surface area (Å²) in [5.41, 5.74) is 11.1. The van der Waals surface area contributed by atoms with Crippen LogP contribution in [0.15, 0.2) is 206 Å². The van der Waals surface area contributed by atoms with Crippen LogP contribution in [0.2, 0.25) is 0 Å². The normalized spacial score (nSPS) is 12.7. The molecule has 1 aliphatic carbocycles. The molecule has 0 amide bonds. The summed E-state index contributed by atoms with van der Waals surface area (Å²) in [6, 6.07) is 72.9. The first-order valence-corrected chi connectivity index (χ1v) is 24.1. The third-order valence-electron chi connectivity index (χ3n) is 16.3. The first-order valence-electron chi connectivity index (χ1n) is 24.1. The maximum Gasteiger partial charge on any atom is 0.123 e. The molecule has 0 nitrogen and oxygen atoms in total. The van der Waals surface area contributed by atoms with Gasteiger partial charge in [-0.05, 0) is 211 Å². The maximum atomic E-state index is 14.8. The Morgan fingerprint density at radius 2 is 0.586 bits per heavy atom. The van der Waals surface area contributed by atoms with Crippen LogP contribution in [0.25, 0.3) is 174 Å². The molecule has 1 aliphatic rings. The SMILES string of the molecule is Fc1ccc(-c2c3c(c(-c4ccc(F)cc4)c4cc5ccccc5cc24)-c2ccc4c5ccc6c7c(ccc(c8ccc-3c2c84)c57)c2c(-c3ccccc3)c3cccc4c5ccccc5c(c34)c62)cc1. The zero-order valence-corrected chi connectivity index (χ0v) is 37.4. The monoisotopic (exact) mass is 888 g/mol. The maximum absolute atomic E-state index is 14.8. The Morgan fingerprint density at radius 3 is 1.19 bits per heavy atom. The summed E-state index contributed by atoms with van der Waals surface area (Å²) in [6.07, 6.45) is 0. The van der Waals surface area contributed by atoms with E-state index in [1.165, 1.54) is 108 Å². The lowest BCUT2D eigenvalue weighted by molar-refractivity contribution is 0.627. The summed E-state index contributed by atoms with van der Waals surface area (Å²) in [4.78, 5) is 0. The Bertz CT molecular complexity index is 4800. The Hall–Kier alpha value is -8.98. The van der Waals surface area contributed by atoms with Gasteiger partial charge in [0.25, 0.3) is 0 Å². The third kappa shape index (κ3) is 4.46. The van der Waals surface area contributed by atoms with Gasteiger partial charge in [0.2, 0.25) is 0 Å². The molecule has 0 atom stereocenters. The zero-order valence-electron chi connectivity index (χ0n) is 37.4. The minimum Gasteiger partial charge on any atom is -0.207 e. The predicted octanol–water partition coefficient (Wildman–Crippen LogP) is 19.6. The summed E-state index contributed by atoms with van der Waals surface area (Å²) in [5.74, 6) is -0.539. The van der Waals surface area contributed by atoms with Crippen LogP contribution in [-0.4, -0.2) is 0 Å². The van der Waals surface area contributed by atoms with E-state index in [0.717, 1.165) is 66.1 Å². The van der Waals surface area contributed by atoms with Gasteiger partial charge in [0, 0.05) is 0 Å². The second-order valence-corrected chi connectivity index (χ2v) is 19.5. The molecule has 70 heavy (non-hydrogen) atoms. The lowest BCUT2D eigenvalue weighted by atomic mass is 9.82. The highest BCUT2D eigenvalue weighted by atomic mass is 19.1. The van der Waals surface area contributed by atoms with Crippen molar-refractivity contribution in [1.82, 2.24) is 0 Å². The fourth-order valence-electron chi connectivity index (χ4n) is 13.7. The molecule has 0 radical (unpaired) electrons. The largest absolute Gasteiger partial charge is 0.207 e. The van der Waals surface area contributed by atoms with E-state index in [-0.39, 0.29) is 11.6 Å². The zero-order chi connectivity index (χ0) is 45.7. The number of benzene rings is 14. The van der Waals surface area contributed by atoms with Crippen molar-refractivity contribution in [2.75, 3.05) is 0 Å². The molecule has 16 aromatic rings. The smallest absolute Gasteiger partial charge is 0.123 e. The van der Waals surface area contributed by atoms with Crippen LogP contribution in [0.1, 0.15) is 0 Å². The highest BCUT2D eigenvalue weighted by Gasteiger charge is 2.33. The number of hydrogen-bond donors (Lipinski definition) is 0. The summed E-state index contributed by atoms with van der Waals surface area (Å²) in [5, 5.41) is 27.5. The number of fused-ring (bicyclic) bond motifs is 14. The molecular weight excluding hydrogens is 855 g/mol. The molecule has 17 rings (SSSR count). The lowest BCUT2D eigenvalue weighted by Gasteiger charge is -2.21. The molecule has 0 fully saturated rings. The molecule has 0 unspecified atom stereocenters. The highest BCUT2D eigenvalue weighted by molar-refractivity contribution is 6.51. The number of hydrogen-bond acceptors (Lipinski definition) is 0. The first-order chi connectivity index (χ1) is 34.6. The van der Waals surface area contributed by atoms with E-state index < -0.39 is 0 Å². The summed E-state index contributed by atoms with van der Waals surface area (Å²) >= 11 is 0.